The third kappa shape index (κ3) is 4.01. The van der Waals surface area contributed by atoms with E-state index in [0.29, 0.717) is 22.3 Å². The monoisotopic (exact) mass is 412 g/mol. The van der Waals surface area contributed by atoms with Gasteiger partial charge in [-0.05, 0) is 37.1 Å². The van der Waals surface area contributed by atoms with Crippen LogP contribution in [0.25, 0.3) is 10.9 Å². The van der Waals surface area contributed by atoms with Crippen molar-refractivity contribution in [2.24, 2.45) is 0 Å². The summed E-state index contributed by atoms with van der Waals surface area (Å²) in [6.45, 7) is 0.436. The van der Waals surface area contributed by atoms with Crippen molar-refractivity contribution in [3.63, 3.8) is 0 Å². The molecule has 5 heteroatoms. The summed E-state index contributed by atoms with van der Waals surface area (Å²) in [4.78, 5) is 19.9. The summed E-state index contributed by atoms with van der Waals surface area (Å²) >= 11 is 12.8. The van der Waals surface area contributed by atoms with Crippen LogP contribution in [0.4, 0.5) is 0 Å². The molecular formula is C23H22Cl2N2O. The molecule has 1 aliphatic carbocycles. The normalized spacial score (nSPS) is 14.9. The van der Waals surface area contributed by atoms with Crippen molar-refractivity contribution >= 4 is 40.0 Å². The number of halogens is 2. The fraction of sp³-hybridized carbons (Fsp3) is 0.304. The van der Waals surface area contributed by atoms with Crippen LogP contribution >= 0.6 is 23.2 Å². The lowest BCUT2D eigenvalue weighted by Gasteiger charge is -2.35. The Balaban J connectivity index is 1.70. The predicted molar refractivity (Wildman–Crippen MR) is 115 cm³/mol. The molecule has 3 aromatic rings. The maximum absolute atomic E-state index is 13.4. The van der Waals surface area contributed by atoms with Gasteiger partial charge in [-0.1, -0.05) is 72.8 Å². The van der Waals surface area contributed by atoms with E-state index in [4.69, 9.17) is 23.2 Å². The van der Waals surface area contributed by atoms with Gasteiger partial charge in [0, 0.05) is 23.5 Å². The van der Waals surface area contributed by atoms with Crippen molar-refractivity contribution in [2.45, 2.75) is 44.7 Å². The van der Waals surface area contributed by atoms with Gasteiger partial charge in [0.15, 0.2) is 0 Å². The van der Waals surface area contributed by atoms with Gasteiger partial charge in [0.05, 0.1) is 16.1 Å². The second-order valence-electron chi connectivity index (χ2n) is 7.34. The van der Waals surface area contributed by atoms with Crippen molar-refractivity contribution < 1.29 is 4.79 Å². The number of aromatic nitrogens is 1. The maximum Gasteiger partial charge on any atom is 0.255 e. The van der Waals surface area contributed by atoms with Gasteiger partial charge in [0.1, 0.15) is 5.15 Å². The molecule has 0 bridgehead atoms. The number of carbonyl (C=O) groups is 1. The van der Waals surface area contributed by atoms with Gasteiger partial charge >= 0.3 is 0 Å². The number of rotatable bonds is 4. The minimum Gasteiger partial charge on any atom is -0.331 e. The molecule has 0 aliphatic heterocycles. The molecule has 0 spiro atoms. The van der Waals surface area contributed by atoms with E-state index in [1.807, 2.05) is 47.4 Å². The summed E-state index contributed by atoms with van der Waals surface area (Å²) in [5.74, 6) is -0.0401. The van der Waals surface area contributed by atoms with Crippen molar-refractivity contribution in [2.75, 3.05) is 0 Å². The lowest BCUT2D eigenvalue weighted by Crippen LogP contribution is -2.41. The van der Waals surface area contributed by atoms with E-state index in [2.05, 4.69) is 4.98 Å². The number of nitrogens with zero attached hydrogens (tertiary/aromatic N) is 2. The maximum atomic E-state index is 13.4. The van der Waals surface area contributed by atoms with Crippen molar-refractivity contribution in [1.29, 1.82) is 0 Å². The van der Waals surface area contributed by atoms with Gasteiger partial charge in [-0.3, -0.25) is 4.79 Å². The van der Waals surface area contributed by atoms with E-state index >= 15 is 0 Å². The quantitative estimate of drug-likeness (QED) is 0.457. The molecule has 1 aliphatic rings. The van der Waals surface area contributed by atoms with Crippen molar-refractivity contribution in [3.05, 3.63) is 75.9 Å². The summed E-state index contributed by atoms with van der Waals surface area (Å²) in [6.07, 6.45) is 5.52. The summed E-state index contributed by atoms with van der Waals surface area (Å²) in [6, 6.07) is 17.4. The van der Waals surface area contributed by atoms with Gasteiger partial charge in [0.2, 0.25) is 0 Å². The van der Waals surface area contributed by atoms with Crippen LogP contribution < -0.4 is 0 Å². The second kappa shape index (κ2) is 8.50. The Morgan fingerprint density at radius 2 is 1.71 bits per heavy atom. The van der Waals surface area contributed by atoms with E-state index in [1.54, 1.807) is 12.1 Å². The first-order chi connectivity index (χ1) is 13.6. The number of fused-ring (bicyclic) bond motifs is 1. The van der Waals surface area contributed by atoms with Gasteiger partial charge in [-0.2, -0.15) is 0 Å². The Kier molecular flexibility index (Phi) is 5.84. The average Bonchev–Trinajstić information content (AvgIpc) is 2.72. The Morgan fingerprint density at radius 1 is 1.00 bits per heavy atom. The molecule has 0 unspecified atom stereocenters. The molecule has 0 atom stereocenters. The molecule has 1 amide bonds. The van der Waals surface area contributed by atoms with E-state index in [1.165, 1.54) is 6.42 Å². The Bertz CT molecular complexity index is 999. The zero-order chi connectivity index (χ0) is 19.5. The van der Waals surface area contributed by atoms with Gasteiger partial charge in [0.25, 0.3) is 5.91 Å². The number of hydrogen-bond donors (Lipinski definition) is 0. The molecule has 0 radical (unpaired) electrons. The van der Waals surface area contributed by atoms with Gasteiger partial charge < -0.3 is 4.90 Å². The summed E-state index contributed by atoms with van der Waals surface area (Å²) in [7, 11) is 0. The smallest absolute Gasteiger partial charge is 0.255 e. The average molecular weight is 413 g/mol. The number of pyridine rings is 1. The molecule has 4 rings (SSSR count). The Labute approximate surface area is 175 Å². The first-order valence-corrected chi connectivity index (χ1v) is 10.5. The number of carbonyl (C=O) groups excluding carboxylic acids is 1. The highest BCUT2D eigenvalue weighted by Crippen LogP contribution is 2.29. The van der Waals surface area contributed by atoms with Crippen LogP contribution in [0.15, 0.2) is 54.6 Å². The molecule has 28 heavy (non-hydrogen) atoms. The lowest BCUT2D eigenvalue weighted by molar-refractivity contribution is 0.0614. The third-order valence-electron chi connectivity index (χ3n) is 5.47. The molecule has 1 fully saturated rings. The zero-order valence-corrected chi connectivity index (χ0v) is 17.1. The van der Waals surface area contributed by atoms with Crippen LogP contribution in [0.3, 0.4) is 0 Å². The fourth-order valence-corrected chi connectivity index (χ4v) is 4.40. The Morgan fingerprint density at radius 3 is 2.50 bits per heavy atom. The first kappa shape index (κ1) is 19.2. The summed E-state index contributed by atoms with van der Waals surface area (Å²) < 4.78 is 0. The van der Waals surface area contributed by atoms with Crippen molar-refractivity contribution in [3.8, 4) is 0 Å². The molecule has 1 saturated carbocycles. The third-order valence-corrected chi connectivity index (χ3v) is 6.13. The highest BCUT2D eigenvalue weighted by atomic mass is 35.5. The first-order valence-electron chi connectivity index (χ1n) is 9.73. The predicted octanol–water partition coefficient (Wildman–Crippen LogP) is 6.52. The van der Waals surface area contributed by atoms with Crippen LogP contribution in [0, 0.1) is 0 Å². The lowest BCUT2D eigenvalue weighted by atomic mass is 9.93. The van der Waals surface area contributed by atoms with Gasteiger partial charge in [-0.15, -0.1) is 0 Å². The van der Waals surface area contributed by atoms with E-state index in [-0.39, 0.29) is 11.9 Å². The van der Waals surface area contributed by atoms with Crippen molar-refractivity contribution in [1.82, 2.24) is 9.88 Å². The topological polar surface area (TPSA) is 33.2 Å². The fourth-order valence-electron chi connectivity index (χ4n) is 3.98. The van der Waals surface area contributed by atoms with Crippen LogP contribution in [-0.4, -0.2) is 21.8 Å². The number of para-hydroxylation sites is 1. The highest BCUT2D eigenvalue weighted by Gasteiger charge is 2.28. The van der Waals surface area contributed by atoms with Crippen LogP contribution in [-0.2, 0) is 6.54 Å². The van der Waals surface area contributed by atoms with Crippen LogP contribution in [0.1, 0.15) is 48.0 Å². The SMILES string of the molecule is O=C(c1ccccc1Cl)N(Cc1cc2ccccc2nc1Cl)C1CCCCC1. The van der Waals surface area contributed by atoms with Crippen LogP contribution in [0.5, 0.6) is 0 Å². The standard InChI is InChI=1S/C23H22Cl2N2O/c24-20-12-6-5-11-19(20)23(28)27(18-9-2-1-3-10-18)15-17-14-16-8-4-7-13-21(16)26-22(17)25/h4-8,11-14,18H,1-3,9-10,15H2. The van der Waals surface area contributed by atoms with Gasteiger partial charge in [-0.25, -0.2) is 4.98 Å². The molecule has 1 aromatic heterocycles. The molecule has 3 nitrogen and oxygen atoms in total. The molecular weight excluding hydrogens is 391 g/mol. The number of amides is 1. The van der Waals surface area contributed by atoms with E-state index < -0.39 is 0 Å². The minimum atomic E-state index is -0.0401. The van der Waals surface area contributed by atoms with Crippen LogP contribution in [0.2, 0.25) is 10.2 Å². The second-order valence-corrected chi connectivity index (χ2v) is 8.10. The highest BCUT2D eigenvalue weighted by molar-refractivity contribution is 6.33. The molecule has 144 valence electrons. The number of hydrogen-bond acceptors (Lipinski definition) is 2. The van der Waals surface area contributed by atoms with E-state index in [0.717, 1.165) is 42.1 Å². The number of benzene rings is 2. The van der Waals surface area contributed by atoms with E-state index in [9.17, 15) is 4.79 Å². The minimum absolute atomic E-state index is 0.0401. The molecule has 2 aromatic carbocycles. The summed E-state index contributed by atoms with van der Waals surface area (Å²) in [5, 5.41) is 1.96. The molecule has 1 heterocycles. The molecule has 0 saturated heterocycles. The molecule has 0 N–H and O–H groups in total. The largest absolute Gasteiger partial charge is 0.331 e. The Hall–Kier alpha value is -2.10. The zero-order valence-electron chi connectivity index (χ0n) is 15.6. The summed E-state index contributed by atoms with van der Waals surface area (Å²) in [5.41, 5.74) is 2.27.